The molecule has 0 rings (SSSR count). The Morgan fingerprint density at radius 3 is 0.949 bits per heavy atom. The zero-order valence-corrected chi connectivity index (χ0v) is 44.6. The molecule has 0 radical (unpaired) electrons. The zero-order valence-electron chi connectivity index (χ0n) is 44.6. The Kier molecular flexibility index (Phi) is 32.4. The summed E-state index contributed by atoms with van der Waals surface area (Å²) in [5.41, 5.74) is -19.3. The molecule has 79 heavy (non-hydrogen) atoms. The molecule has 0 amide bonds. The van der Waals surface area contributed by atoms with Crippen LogP contribution < -0.4 is 0 Å². The van der Waals surface area contributed by atoms with Crippen LogP contribution in [0.4, 0.5) is 0 Å². The Morgan fingerprint density at radius 1 is 0.342 bits per heavy atom. The van der Waals surface area contributed by atoms with Crippen LogP contribution >= 0.6 is 0 Å². The highest BCUT2D eigenvalue weighted by Gasteiger charge is 2.84. The number of aliphatic hydroxyl groups excluding tert-OH is 20. The lowest BCUT2D eigenvalue weighted by Gasteiger charge is -2.74. The van der Waals surface area contributed by atoms with E-state index in [1.165, 1.54) is 0 Å². The maximum absolute atomic E-state index is 14.1. The average molecular weight is 1170 g/mol. The lowest BCUT2D eigenvalue weighted by molar-refractivity contribution is -0.529. The van der Waals surface area contributed by atoms with E-state index in [1.54, 1.807) is 0 Å². The van der Waals surface area contributed by atoms with Crippen LogP contribution in [0.25, 0.3) is 0 Å². The molecule has 0 aliphatic carbocycles. The summed E-state index contributed by atoms with van der Waals surface area (Å²) in [6.45, 7) is -13.5. The van der Waals surface area contributed by atoms with Crippen LogP contribution in [0, 0.1) is 27.6 Å². The Morgan fingerprint density at radius 2 is 0.633 bits per heavy atom. The molecule has 12 atom stereocenters. The van der Waals surface area contributed by atoms with Gasteiger partial charge in [0.1, 0.15) is 5.60 Å². The molecular formula is C48H96O31. The van der Waals surface area contributed by atoms with Crippen molar-refractivity contribution in [3.05, 3.63) is 0 Å². The molecule has 30 N–H and O–H groups in total. The van der Waals surface area contributed by atoms with Gasteiger partial charge in [-0.15, -0.1) is 0 Å². The van der Waals surface area contributed by atoms with Crippen molar-refractivity contribution in [1.82, 2.24) is 0 Å². The topological polar surface area (TPSA) is 624 Å². The van der Waals surface area contributed by atoms with E-state index >= 15 is 0 Å². The van der Waals surface area contributed by atoms with E-state index in [9.17, 15) is 158 Å². The van der Waals surface area contributed by atoms with E-state index in [1.807, 2.05) is 6.92 Å². The van der Waals surface area contributed by atoms with Gasteiger partial charge in [-0.3, -0.25) is 0 Å². The summed E-state index contributed by atoms with van der Waals surface area (Å²) in [6, 6.07) is 0. The third-order valence-electron chi connectivity index (χ3n) is 16.2. The van der Waals surface area contributed by atoms with E-state index in [0.29, 0.717) is 19.3 Å². The van der Waals surface area contributed by atoms with Crippen LogP contribution in [-0.2, 0) is 4.79 Å². The molecule has 0 saturated carbocycles. The molecule has 31 nitrogen and oxygen atoms in total. The minimum absolute atomic E-state index is 0.0252. The zero-order chi connectivity index (χ0) is 61.8. The smallest absolute Gasteiger partial charge is 0.370 e. The van der Waals surface area contributed by atoms with Crippen LogP contribution in [0.5, 0.6) is 0 Å². The van der Waals surface area contributed by atoms with Gasteiger partial charge in [0, 0.05) is 11.8 Å². The second-order valence-electron chi connectivity index (χ2n) is 21.6. The van der Waals surface area contributed by atoms with Crippen LogP contribution in [0.15, 0.2) is 0 Å². The SMILES string of the molecule is CCCCCCCC(CC(O)CO)C(CC(O)CO)(CC(O)CO)C(CC(O)CO)(CC(O)CO)C(CC(O)CO)(CC(O)CO)C(CC(O)CO)(CC(O)CO)C(O)(CC(O)CO)C(O)(O)C(O)(O)C(O)(O)C(O)(O)C(=O)O. The van der Waals surface area contributed by atoms with Gasteiger partial charge in [-0.25, -0.2) is 4.79 Å². The third-order valence-corrected chi connectivity index (χ3v) is 16.2. The predicted molar refractivity (Wildman–Crippen MR) is 265 cm³/mol. The van der Waals surface area contributed by atoms with Gasteiger partial charge in [-0.1, -0.05) is 39.0 Å². The van der Waals surface area contributed by atoms with Crippen molar-refractivity contribution in [1.29, 1.82) is 0 Å². The molecule has 0 bridgehead atoms. The fraction of sp³-hybridized carbons (Fsp3) is 0.979. The van der Waals surface area contributed by atoms with E-state index in [4.69, 9.17) is 0 Å². The standard InChI is InChI=1S/C48H96O31/c1-2-3-4-5-6-7-28(8-29(59)18-49)40(9-30(60)19-50,10-31(61)20-51)41(11-32(62)21-52,12-33(63)22-53)42(13-34(64)23-54,14-35(65)24-55)43(15-36(66)25-56,16-37(67)26-57)44(71,17-38(68)27-58)46(74,75)48(78,79)47(76,77)45(72,73)39(69)70/h28-38,49-68,71-79H,2-27H2,1H3,(H,69,70). The van der Waals surface area contributed by atoms with Gasteiger partial charge in [0.05, 0.1) is 127 Å². The largest absolute Gasteiger partial charge is 0.477 e. The van der Waals surface area contributed by atoms with Crippen LogP contribution in [0.3, 0.4) is 0 Å². The number of carbonyl (C=O) groups is 1. The van der Waals surface area contributed by atoms with Crippen molar-refractivity contribution >= 4 is 5.97 Å². The van der Waals surface area contributed by atoms with Crippen molar-refractivity contribution in [2.24, 2.45) is 27.6 Å². The lowest BCUT2D eigenvalue weighted by Crippen LogP contribution is -2.86. The van der Waals surface area contributed by atoms with Crippen molar-refractivity contribution in [2.45, 2.75) is 199 Å². The third kappa shape index (κ3) is 16.8. The summed E-state index contributed by atoms with van der Waals surface area (Å²) < 4.78 is 0. The van der Waals surface area contributed by atoms with Crippen molar-refractivity contribution in [3.8, 4) is 0 Å². The number of aliphatic hydroxyl groups is 29. The van der Waals surface area contributed by atoms with Crippen molar-refractivity contribution in [3.63, 3.8) is 0 Å². The van der Waals surface area contributed by atoms with E-state index in [-0.39, 0.29) is 12.8 Å². The predicted octanol–water partition coefficient (Wildman–Crippen LogP) is -11.1. The van der Waals surface area contributed by atoms with Crippen LogP contribution in [0.2, 0.25) is 0 Å². The molecule has 12 unspecified atom stereocenters. The summed E-state index contributed by atoms with van der Waals surface area (Å²) in [7, 11) is 0. The monoisotopic (exact) mass is 1170 g/mol. The number of hydrogen-bond acceptors (Lipinski definition) is 30. The number of unbranched alkanes of at least 4 members (excludes halogenated alkanes) is 4. The van der Waals surface area contributed by atoms with Crippen molar-refractivity contribution < 1.29 is 158 Å². The first kappa shape index (κ1) is 77.3. The van der Waals surface area contributed by atoms with Gasteiger partial charge >= 0.3 is 11.8 Å². The molecule has 0 aromatic heterocycles. The molecule has 0 aromatic carbocycles. The molecule has 0 fully saturated rings. The minimum Gasteiger partial charge on any atom is -0.477 e. The molecule has 0 heterocycles. The number of aliphatic carboxylic acids is 1. The molecule has 0 saturated heterocycles. The number of rotatable bonds is 46. The quantitative estimate of drug-likeness (QED) is 0.0199. The van der Waals surface area contributed by atoms with Gasteiger partial charge in [-0.05, 0) is 86.4 Å². The summed E-state index contributed by atoms with van der Waals surface area (Å²) in [5, 5.41) is 344. The summed E-state index contributed by atoms with van der Waals surface area (Å²) in [4.78, 5) is 12.2. The Bertz CT molecular complexity index is 1640. The summed E-state index contributed by atoms with van der Waals surface area (Å²) in [5.74, 6) is -28.2. The maximum Gasteiger partial charge on any atom is 0.370 e. The number of carboxylic acid groups (broad SMARTS) is 1. The molecule has 0 aromatic rings. The van der Waals surface area contributed by atoms with Crippen molar-refractivity contribution in [2.75, 3.05) is 66.1 Å². The number of carboxylic acids is 1. The normalized spacial score (nSPS) is 21.4. The summed E-state index contributed by atoms with van der Waals surface area (Å²) >= 11 is 0. The Balaban J connectivity index is 12.0. The molecule has 474 valence electrons. The first-order chi connectivity index (χ1) is 36.4. The Labute approximate surface area is 456 Å². The van der Waals surface area contributed by atoms with E-state index in [0.717, 1.165) is 0 Å². The maximum atomic E-state index is 14.1. The first-order valence-corrected chi connectivity index (χ1v) is 26.1. The van der Waals surface area contributed by atoms with Gasteiger partial charge in [0.25, 0.3) is 17.4 Å². The summed E-state index contributed by atoms with van der Waals surface area (Å²) in [6.07, 6.45) is -40.0. The van der Waals surface area contributed by atoms with Crippen LogP contribution in [-0.4, -0.2) is 315 Å². The Hall–Kier alpha value is -1.69. The molecular weight excluding hydrogens is 1070 g/mol. The highest BCUT2D eigenvalue weighted by Crippen LogP contribution is 2.77. The van der Waals surface area contributed by atoms with E-state index in [2.05, 4.69) is 0 Å². The first-order valence-electron chi connectivity index (χ1n) is 26.1. The molecule has 0 aliphatic heterocycles. The minimum atomic E-state index is -6.01. The number of hydrogen-bond donors (Lipinski definition) is 30. The van der Waals surface area contributed by atoms with E-state index < -0.39 is 260 Å². The van der Waals surface area contributed by atoms with Gasteiger partial charge in [0.2, 0.25) is 0 Å². The molecule has 0 aliphatic rings. The van der Waals surface area contributed by atoms with Gasteiger partial charge in [-0.2, -0.15) is 0 Å². The highest BCUT2D eigenvalue weighted by atomic mass is 16.7. The molecule has 31 heteroatoms. The highest BCUT2D eigenvalue weighted by molar-refractivity contribution is 5.76. The average Bonchev–Trinajstić information content (AvgIpc) is 3.40. The van der Waals surface area contributed by atoms with Crippen LogP contribution in [0.1, 0.15) is 110 Å². The second-order valence-corrected chi connectivity index (χ2v) is 21.6. The fourth-order valence-corrected chi connectivity index (χ4v) is 12.9. The van der Waals surface area contributed by atoms with Gasteiger partial charge < -0.3 is 153 Å². The van der Waals surface area contributed by atoms with Gasteiger partial charge in [0.15, 0.2) is 0 Å². The second kappa shape index (κ2) is 33.1. The lowest BCUT2D eigenvalue weighted by atomic mass is 9.31. The fourth-order valence-electron chi connectivity index (χ4n) is 12.9. The molecule has 0 spiro atoms.